The van der Waals surface area contributed by atoms with Crippen LogP contribution in [0.25, 0.3) is 0 Å². The molecule has 2 aromatic rings. The van der Waals surface area contributed by atoms with Gasteiger partial charge in [-0.2, -0.15) is 0 Å². The zero-order valence-electron chi connectivity index (χ0n) is 19.5. The number of likely N-dealkylation sites (tertiary alicyclic amines) is 1. The Bertz CT molecular complexity index is 1090. The smallest absolute Gasteiger partial charge is 0.321 e. The molecule has 2 heterocycles. The number of amides is 3. The largest absolute Gasteiger partial charge is 0.455 e. The molecular weight excluding hydrogens is 450 g/mol. The van der Waals surface area contributed by atoms with Crippen LogP contribution >= 0.6 is 0 Å². The lowest BCUT2D eigenvalue weighted by Crippen LogP contribution is -2.43. The second-order valence-electron chi connectivity index (χ2n) is 9.20. The number of carbonyl (C=O) groups excluding carboxylic acids is 3. The van der Waals surface area contributed by atoms with Crippen molar-refractivity contribution >= 4 is 29.3 Å². The van der Waals surface area contributed by atoms with Gasteiger partial charge in [0.05, 0.1) is 5.92 Å². The first kappa shape index (κ1) is 23.0. The maximum absolute atomic E-state index is 12.5. The van der Waals surface area contributed by atoms with Crippen LogP contribution in [0.3, 0.4) is 0 Å². The topological polar surface area (TPSA) is 106 Å². The summed E-state index contributed by atoms with van der Waals surface area (Å²) in [5.41, 5.74) is 1.28. The molecule has 2 fully saturated rings. The number of ether oxygens (including phenoxy) is 3. The minimum atomic E-state index is -0.557. The lowest BCUT2D eigenvalue weighted by atomic mass is 9.97. The van der Waals surface area contributed by atoms with Crippen LogP contribution in [0.5, 0.6) is 11.5 Å². The summed E-state index contributed by atoms with van der Waals surface area (Å²) < 4.78 is 17.3. The summed E-state index contributed by atoms with van der Waals surface area (Å²) in [6, 6.07) is 14.3. The molecule has 9 heteroatoms. The first-order valence-corrected chi connectivity index (χ1v) is 12.1. The predicted molar refractivity (Wildman–Crippen MR) is 128 cm³/mol. The van der Waals surface area contributed by atoms with Crippen LogP contribution in [0.2, 0.25) is 0 Å². The molecule has 2 aromatic carbocycles. The molecule has 3 amide bonds. The fraction of sp³-hybridized carbons (Fsp3) is 0.423. The van der Waals surface area contributed by atoms with Crippen molar-refractivity contribution in [3.8, 4) is 11.5 Å². The summed E-state index contributed by atoms with van der Waals surface area (Å²) in [6.45, 7) is 0.526. The molecule has 1 saturated carbocycles. The van der Waals surface area contributed by atoms with Crippen LogP contribution in [0, 0.1) is 5.92 Å². The molecule has 1 saturated heterocycles. The van der Waals surface area contributed by atoms with Crippen LogP contribution in [-0.4, -0.2) is 48.3 Å². The third-order valence-corrected chi connectivity index (χ3v) is 6.67. The molecule has 35 heavy (non-hydrogen) atoms. The summed E-state index contributed by atoms with van der Waals surface area (Å²) in [4.78, 5) is 38.9. The van der Waals surface area contributed by atoms with E-state index in [1.54, 1.807) is 23.1 Å². The minimum absolute atomic E-state index is 0.190. The van der Waals surface area contributed by atoms with Gasteiger partial charge in [0, 0.05) is 43.4 Å². The molecule has 9 nitrogen and oxygen atoms in total. The Kier molecular flexibility index (Phi) is 6.48. The molecular formula is C26H29N3O6. The van der Waals surface area contributed by atoms with Gasteiger partial charge in [-0.3, -0.25) is 9.59 Å². The Hall–Kier alpha value is -3.75. The first-order chi connectivity index (χ1) is 17.0. The third kappa shape index (κ3) is 5.34. The van der Waals surface area contributed by atoms with Crippen molar-refractivity contribution in [1.82, 2.24) is 4.90 Å². The van der Waals surface area contributed by atoms with Crippen LogP contribution in [-0.2, 0) is 14.3 Å². The van der Waals surface area contributed by atoms with E-state index in [9.17, 15) is 14.4 Å². The Balaban J connectivity index is 1.05. The van der Waals surface area contributed by atoms with Crippen molar-refractivity contribution < 1.29 is 28.6 Å². The van der Waals surface area contributed by atoms with Crippen molar-refractivity contribution in [1.29, 1.82) is 0 Å². The van der Waals surface area contributed by atoms with Gasteiger partial charge in [0.15, 0.2) is 18.1 Å². The number of piperidine rings is 1. The van der Waals surface area contributed by atoms with E-state index in [2.05, 4.69) is 10.6 Å². The normalized spacial score (nSPS) is 18.3. The number of urea groups is 1. The monoisotopic (exact) mass is 479 g/mol. The van der Waals surface area contributed by atoms with Crippen LogP contribution in [0.1, 0.15) is 38.5 Å². The molecule has 0 aromatic heterocycles. The fourth-order valence-electron chi connectivity index (χ4n) is 4.78. The third-order valence-electron chi connectivity index (χ3n) is 6.67. The molecule has 0 unspecified atom stereocenters. The quantitative estimate of drug-likeness (QED) is 0.624. The van der Waals surface area contributed by atoms with Gasteiger partial charge in [-0.15, -0.1) is 0 Å². The van der Waals surface area contributed by atoms with E-state index in [0.717, 1.165) is 31.4 Å². The standard InChI is InChI=1S/C26H29N3O6/c30-23(27-20-8-9-21-22(16-20)35-26(34-21)12-4-5-13-26)17-33-24(31)18-10-14-29(15-11-18)25(32)28-19-6-2-1-3-7-19/h1-3,6-9,16,18H,4-5,10-15,17H2,(H,27,30)(H,28,32). The van der Waals surface area contributed by atoms with Crippen molar-refractivity contribution in [2.75, 3.05) is 30.3 Å². The minimum Gasteiger partial charge on any atom is -0.455 e. The highest BCUT2D eigenvalue weighted by molar-refractivity contribution is 5.93. The number of fused-ring (bicyclic) bond motifs is 1. The number of nitrogens with one attached hydrogen (secondary N) is 2. The molecule has 0 bridgehead atoms. The summed E-state index contributed by atoms with van der Waals surface area (Å²) in [6.07, 6.45) is 4.84. The molecule has 1 spiro atoms. The van der Waals surface area contributed by atoms with Crippen LogP contribution < -0.4 is 20.1 Å². The number of para-hydroxylation sites is 1. The molecule has 0 atom stereocenters. The molecule has 5 rings (SSSR count). The van der Waals surface area contributed by atoms with E-state index in [1.807, 2.05) is 30.3 Å². The zero-order valence-corrected chi connectivity index (χ0v) is 19.5. The number of rotatable bonds is 5. The first-order valence-electron chi connectivity index (χ1n) is 12.1. The molecule has 3 aliphatic rings. The highest BCUT2D eigenvalue weighted by Crippen LogP contribution is 2.47. The summed E-state index contributed by atoms with van der Waals surface area (Å²) >= 11 is 0. The summed E-state index contributed by atoms with van der Waals surface area (Å²) in [7, 11) is 0. The number of nitrogens with zero attached hydrogens (tertiary/aromatic N) is 1. The summed E-state index contributed by atoms with van der Waals surface area (Å²) in [5.74, 6) is -0.440. The van der Waals surface area contributed by atoms with Gasteiger partial charge in [-0.05, 0) is 49.9 Å². The lowest BCUT2D eigenvalue weighted by Gasteiger charge is -2.30. The van der Waals surface area contributed by atoms with Crippen molar-refractivity contribution in [2.24, 2.45) is 5.92 Å². The lowest BCUT2D eigenvalue weighted by molar-refractivity contribution is -0.152. The van der Waals surface area contributed by atoms with E-state index in [1.165, 1.54) is 0 Å². The van der Waals surface area contributed by atoms with Crippen molar-refractivity contribution in [3.63, 3.8) is 0 Å². The Morgan fingerprint density at radius 1 is 0.914 bits per heavy atom. The van der Waals surface area contributed by atoms with Gasteiger partial charge < -0.3 is 29.7 Å². The van der Waals surface area contributed by atoms with Gasteiger partial charge in [0.2, 0.25) is 0 Å². The number of benzene rings is 2. The number of esters is 1. The van der Waals surface area contributed by atoms with E-state index < -0.39 is 17.7 Å². The Morgan fingerprint density at radius 2 is 1.63 bits per heavy atom. The molecule has 0 radical (unpaired) electrons. The average Bonchev–Trinajstić information content (AvgIpc) is 3.48. The van der Waals surface area contributed by atoms with Gasteiger partial charge >= 0.3 is 12.0 Å². The van der Waals surface area contributed by atoms with Crippen molar-refractivity contribution in [2.45, 2.75) is 44.3 Å². The maximum atomic E-state index is 12.5. The van der Waals surface area contributed by atoms with Gasteiger partial charge in [0.25, 0.3) is 11.7 Å². The second-order valence-corrected chi connectivity index (χ2v) is 9.20. The summed E-state index contributed by atoms with van der Waals surface area (Å²) in [5, 5.41) is 5.59. The SMILES string of the molecule is O=C(COC(=O)C1CCN(C(=O)Nc2ccccc2)CC1)Nc1ccc2c(c1)OC1(CCCC1)O2. The second kappa shape index (κ2) is 9.85. The van der Waals surface area contributed by atoms with E-state index >= 15 is 0 Å². The predicted octanol–water partition coefficient (Wildman–Crippen LogP) is 4.15. The van der Waals surface area contributed by atoms with Crippen LogP contribution in [0.15, 0.2) is 48.5 Å². The van der Waals surface area contributed by atoms with Gasteiger partial charge in [0.1, 0.15) is 0 Å². The number of hydrogen-bond acceptors (Lipinski definition) is 6. The highest BCUT2D eigenvalue weighted by Gasteiger charge is 2.44. The molecule has 2 aliphatic heterocycles. The number of hydrogen-bond donors (Lipinski definition) is 2. The van der Waals surface area contributed by atoms with E-state index in [-0.39, 0.29) is 18.6 Å². The van der Waals surface area contributed by atoms with E-state index in [0.29, 0.717) is 43.1 Å². The Morgan fingerprint density at radius 3 is 2.37 bits per heavy atom. The molecule has 1 aliphatic carbocycles. The Labute approximate surface area is 203 Å². The zero-order chi connectivity index (χ0) is 24.3. The highest BCUT2D eigenvalue weighted by atomic mass is 16.7. The molecule has 184 valence electrons. The van der Waals surface area contributed by atoms with Gasteiger partial charge in [-0.1, -0.05) is 18.2 Å². The van der Waals surface area contributed by atoms with E-state index in [4.69, 9.17) is 14.2 Å². The number of carbonyl (C=O) groups is 3. The molecule has 2 N–H and O–H groups in total. The van der Waals surface area contributed by atoms with Gasteiger partial charge in [-0.25, -0.2) is 4.79 Å². The average molecular weight is 480 g/mol. The maximum Gasteiger partial charge on any atom is 0.321 e. The van der Waals surface area contributed by atoms with Crippen molar-refractivity contribution in [3.05, 3.63) is 48.5 Å². The number of anilines is 2. The van der Waals surface area contributed by atoms with Crippen LogP contribution in [0.4, 0.5) is 16.2 Å². The fourth-order valence-corrected chi connectivity index (χ4v) is 4.78.